The molecule has 0 aromatic carbocycles. The quantitative estimate of drug-likeness (QED) is 0.784. The fraction of sp³-hybridized carbons (Fsp3) is 0.357. The number of aromatic nitrogens is 4. The summed E-state index contributed by atoms with van der Waals surface area (Å²) >= 11 is 1.47. The van der Waals surface area contributed by atoms with Crippen LogP contribution in [-0.4, -0.2) is 19.7 Å². The van der Waals surface area contributed by atoms with Gasteiger partial charge in [0.05, 0.1) is 24.1 Å². The fourth-order valence-corrected chi connectivity index (χ4v) is 3.80. The molecule has 1 N–H and O–H groups in total. The Morgan fingerprint density at radius 3 is 3.25 bits per heavy atom. The molecule has 0 fully saturated rings. The maximum Gasteiger partial charge on any atom is 0.271 e. The molecule has 4 rings (SSSR count). The Balaban J connectivity index is 1.79. The molecule has 1 aliphatic carbocycles. The Morgan fingerprint density at radius 2 is 2.35 bits per heavy atom. The van der Waals surface area contributed by atoms with Crippen molar-refractivity contribution < 1.29 is 0 Å². The van der Waals surface area contributed by atoms with Crippen molar-refractivity contribution in [2.75, 3.05) is 0 Å². The lowest BCUT2D eigenvalue weighted by Gasteiger charge is -2.04. The Kier molecular flexibility index (Phi) is 2.53. The van der Waals surface area contributed by atoms with Crippen LogP contribution >= 0.6 is 11.3 Å². The average molecular weight is 286 g/mol. The van der Waals surface area contributed by atoms with Crippen molar-refractivity contribution in [2.24, 2.45) is 0 Å². The number of rotatable bonds is 2. The van der Waals surface area contributed by atoms with E-state index in [9.17, 15) is 4.79 Å². The van der Waals surface area contributed by atoms with E-state index in [1.54, 1.807) is 10.9 Å². The van der Waals surface area contributed by atoms with Crippen LogP contribution < -0.4 is 5.56 Å². The summed E-state index contributed by atoms with van der Waals surface area (Å²) in [5, 5.41) is 9.42. The van der Waals surface area contributed by atoms with Crippen LogP contribution in [0.3, 0.4) is 0 Å². The molecule has 0 saturated carbocycles. The summed E-state index contributed by atoms with van der Waals surface area (Å²) in [6.07, 6.45) is 4.94. The van der Waals surface area contributed by atoms with E-state index < -0.39 is 0 Å². The third kappa shape index (κ3) is 1.64. The highest BCUT2D eigenvalue weighted by atomic mass is 32.1. The first-order valence-corrected chi connectivity index (χ1v) is 7.60. The third-order valence-electron chi connectivity index (χ3n) is 3.94. The maximum atomic E-state index is 12.5. The SMILES string of the molecule is Cc1csc2c(=O)n(Cc3n[nH]c4c3CCC4)cnc12. The molecule has 0 spiro atoms. The molecule has 20 heavy (non-hydrogen) atoms. The lowest BCUT2D eigenvalue weighted by Crippen LogP contribution is -2.21. The number of thiophene rings is 1. The first-order valence-electron chi connectivity index (χ1n) is 6.72. The number of aromatic amines is 1. The molecule has 1 aliphatic rings. The molecule has 3 aromatic rings. The molecule has 0 saturated heterocycles. The van der Waals surface area contributed by atoms with E-state index in [1.165, 1.54) is 29.0 Å². The van der Waals surface area contributed by atoms with Crippen LogP contribution in [0.2, 0.25) is 0 Å². The zero-order valence-electron chi connectivity index (χ0n) is 11.1. The van der Waals surface area contributed by atoms with Gasteiger partial charge in [-0.05, 0) is 42.7 Å². The lowest BCUT2D eigenvalue weighted by molar-refractivity contribution is 0.714. The summed E-state index contributed by atoms with van der Waals surface area (Å²) in [6.45, 7) is 2.49. The predicted octanol–water partition coefficient (Wildman–Crippen LogP) is 2.03. The first-order chi connectivity index (χ1) is 9.74. The van der Waals surface area contributed by atoms with E-state index in [2.05, 4.69) is 15.2 Å². The largest absolute Gasteiger partial charge is 0.292 e. The topological polar surface area (TPSA) is 63.6 Å². The predicted molar refractivity (Wildman–Crippen MR) is 78.3 cm³/mol. The standard InChI is InChI=1S/C14H14N4OS/c1-8-6-20-13-12(8)15-7-18(14(13)19)5-11-9-3-2-4-10(9)16-17-11/h6-7H,2-5H2,1H3,(H,16,17). The van der Waals surface area contributed by atoms with Gasteiger partial charge >= 0.3 is 0 Å². The van der Waals surface area contributed by atoms with E-state index in [4.69, 9.17) is 0 Å². The van der Waals surface area contributed by atoms with Crippen LogP contribution in [0.1, 0.15) is 28.9 Å². The van der Waals surface area contributed by atoms with Crippen molar-refractivity contribution >= 4 is 21.6 Å². The van der Waals surface area contributed by atoms with Crippen molar-refractivity contribution in [1.82, 2.24) is 19.7 Å². The van der Waals surface area contributed by atoms with Gasteiger partial charge in [0.2, 0.25) is 0 Å². The van der Waals surface area contributed by atoms with Crippen molar-refractivity contribution in [3.8, 4) is 0 Å². The lowest BCUT2D eigenvalue weighted by atomic mass is 10.2. The zero-order chi connectivity index (χ0) is 13.7. The number of hydrogen-bond donors (Lipinski definition) is 1. The normalized spacial score (nSPS) is 14.1. The summed E-state index contributed by atoms with van der Waals surface area (Å²) in [6, 6.07) is 0. The van der Waals surface area contributed by atoms with Crippen molar-refractivity contribution in [3.63, 3.8) is 0 Å². The van der Waals surface area contributed by atoms with Crippen molar-refractivity contribution in [3.05, 3.63) is 44.6 Å². The van der Waals surface area contributed by atoms with Gasteiger partial charge in [0.25, 0.3) is 5.56 Å². The van der Waals surface area contributed by atoms with E-state index in [0.717, 1.165) is 34.3 Å². The minimum absolute atomic E-state index is 0.0304. The summed E-state index contributed by atoms with van der Waals surface area (Å²) in [7, 11) is 0. The molecule has 0 aliphatic heterocycles. The Labute approximate surface area is 119 Å². The van der Waals surface area contributed by atoms with Crippen LogP contribution in [0.25, 0.3) is 10.2 Å². The molecular formula is C14H14N4OS. The molecule has 3 heterocycles. The van der Waals surface area contributed by atoms with Gasteiger partial charge in [-0.3, -0.25) is 14.5 Å². The molecule has 0 unspecified atom stereocenters. The van der Waals surface area contributed by atoms with Crippen LogP contribution in [0, 0.1) is 6.92 Å². The first kappa shape index (κ1) is 11.8. The van der Waals surface area contributed by atoms with Gasteiger partial charge in [-0.1, -0.05) is 0 Å². The molecule has 102 valence electrons. The molecule has 0 bridgehead atoms. The smallest absolute Gasteiger partial charge is 0.271 e. The van der Waals surface area contributed by atoms with Crippen molar-refractivity contribution in [2.45, 2.75) is 32.7 Å². The van der Waals surface area contributed by atoms with Gasteiger partial charge in [-0.25, -0.2) is 4.98 Å². The molecule has 0 radical (unpaired) electrons. The van der Waals surface area contributed by atoms with Gasteiger partial charge in [-0.2, -0.15) is 5.10 Å². The Hall–Kier alpha value is -1.95. The minimum Gasteiger partial charge on any atom is -0.292 e. The van der Waals surface area contributed by atoms with Crippen LogP contribution in [0.15, 0.2) is 16.5 Å². The summed E-state index contributed by atoms with van der Waals surface area (Å²) < 4.78 is 2.39. The maximum absolute atomic E-state index is 12.5. The number of hydrogen-bond acceptors (Lipinski definition) is 4. The summed E-state index contributed by atoms with van der Waals surface area (Å²) in [5.41, 5.74) is 5.42. The van der Waals surface area contributed by atoms with Crippen LogP contribution in [0.4, 0.5) is 0 Å². The number of H-pyrrole nitrogens is 1. The fourth-order valence-electron chi connectivity index (χ4n) is 2.85. The number of aryl methyl sites for hydroxylation is 2. The highest BCUT2D eigenvalue weighted by molar-refractivity contribution is 7.17. The number of nitrogens with zero attached hydrogens (tertiary/aromatic N) is 3. The van der Waals surface area contributed by atoms with Gasteiger partial charge in [0, 0.05) is 5.69 Å². The zero-order valence-corrected chi connectivity index (χ0v) is 12.0. The van der Waals surface area contributed by atoms with E-state index in [0.29, 0.717) is 6.54 Å². The molecule has 6 heteroatoms. The van der Waals surface area contributed by atoms with Crippen LogP contribution in [0.5, 0.6) is 0 Å². The highest BCUT2D eigenvalue weighted by Gasteiger charge is 2.19. The average Bonchev–Trinajstić information content (AvgIpc) is 3.11. The van der Waals surface area contributed by atoms with Gasteiger partial charge < -0.3 is 0 Å². The van der Waals surface area contributed by atoms with E-state index >= 15 is 0 Å². The third-order valence-corrected chi connectivity index (χ3v) is 5.01. The second-order valence-corrected chi connectivity index (χ2v) is 6.13. The van der Waals surface area contributed by atoms with Gasteiger partial charge in [0.15, 0.2) is 0 Å². The van der Waals surface area contributed by atoms with E-state index in [1.807, 2.05) is 12.3 Å². The Bertz CT molecular complexity index is 858. The molecule has 0 atom stereocenters. The monoisotopic (exact) mass is 286 g/mol. The van der Waals surface area contributed by atoms with Gasteiger partial charge in [-0.15, -0.1) is 11.3 Å². The van der Waals surface area contributed by atoms with Gasteiger partial charge in [0.1, 0.15) is 4.70 Å². The molecular weight excluding hydrogens is 272 g/mol. The van der Waals surface area contributed by atoms with E-state index in [-0.39, 0.29) is 5.56 Å². The minimum atomic E-state index is 0.0304. The molecule has 5 nitrogen and oxygen atoms in total. The number of fused-ring (bicyclic) bond motifs is 2. The summed E-state index contributed by atoms with van der Waals surface area (Å²) in [5.74, 6) is 0. The second kappa shape index (κ2) is 4.28. The van der Waals surface area contributed by atoms with Crippen LogP contribution in [-0.2, 0) is 19.4 Å². The Morgan fingerprint density at radius 1 is 1.45 bits per heavy atom. The van der Waals surface area contributed by atoms with Crippen molar-refractivity contribution in [1.29, 1.82) is 0 Å². The molecule has 0 amide bonds. The summed E-state index contributed by atoms with van der Waals surface area (Å²) in [4.78, 5) is 16.9. The molecule has 3 aromatic heterocycles. The highest BCUT2D eigenvalue weighted by Crippen LogP contribution is 2.23. The second-order valence-electron chi connectivity index (χ2n) is 5.26. The number of nitrogens with one attached hydrogen (secondary N) is 1.